The van der Waals surface area contributed by atoms with Crippen molar-refractivity contribution in [2.45, 2.75) is 0 Å². The minimum absolute atomic E-state index is 0.249. The van der Waals surface area contributed by atoms with Crippen molar-refractivity contribution in [2.24, 2.45) is 0 Å². The van der Waals surface area contributed by atoms with Gasteiger partial charge in [-0.15, -0.1) is 6.42 Å². The fraction of sp³-hybridized carbons (Fsp3) is 0. The molecule has 0 atom stereocenters. The molecule has 2 rings (SSSR count). The Morgan fingerprint density at radius 3 is 2.78 bits per heavy atom. The topological polar surface area (TPSA) is 62.0 Å². The molecule has 0 saturated carbocycles. The molecule has 88 valence electrons. The zero-order chi connectivity index (χ0) is 13.0. The summed E-state index contributed by atoms with van der Waals surface area (Å²) in [6, 6.07) is 9.73. The van der Waals surface area contributed by atoms with E-state index in [1.165, 1.54) is 18.3 Å². The van der Waals surface area contributed by atoms with Crippen LogP contribution in [0.4, 0.5) is 5.69 Å². The third kappa shape index (κ3) is 2.66. The summed E-state index contributed by atoms with van der Waals surface area (Å²) in [5, 5.41) is 2.70. The van der Waals surface area contributed by atoms with Gasteiger partial charge in [0, 0.05) is 23.5 Å². The van der Waals surface area contributed by atoms with E-state index in [2.05, 4.69) is 16.2 Å². The van der Waals surface area contributed by atoms with Gasteiger partial charge in [0.1, 0.15) is 0 Å². The third-order valence-electron chi connectivity index (χ3n) is 2.33. The summed E-state index contributed by atoms with van der Waals surface area (Å²) in [7, 11) is 0. The Morgan fingerprint density at radius 1 is 1.28 bits per heavy atom. The van der Waals surface area contributed by atoms with Gasteiger partial charge in [-0.25, -0.2) is 0 Å². The standard InChI is InChI=1S/C14H10N2O2/c1-2-10-4-3-5-12(8-10)16-14(18)11-6-7-13(17)15-9-11/h1,3-9H,(H,15,17)(H,16,18). The number of nitrogens with one attached hydrogen (secondary N) is 2. The number of carbonyl (C=O) groups excluding carboxylic acids is 1. The van der Waals surface area contributed by atoms with E-state index in [1.54, 1.807) is 24.3 Å². The molecule has 0 unspecified atom stereocenters. The maximum atomic E-state index is 11.8. The minimum Gasteiger partial charge on any atom is -0.328 e. The van der Waals surface area contributed by atoms with Gasteiger partial charge in [-0.1, -0.05) is 12.0 Å². The molecular formula is C14H10N2O2. The van der Waals surface area contributed by atoms with Gasteiger partial charge in [0.15, 0.2) is 0 Å². The van der Waals surface area contributed by atoms with Crippen molar-refractivity contribution in [1.82, 2.24) is 4.98 Å². The van der Waals surface area contributed by atoms with E-state index < -0.39 is 0 Å². The van der Waals surface area contributed by atoms with Gasteiger partial charge in [-0.2, -0.15) is 0 Å². The molecule has 4 heteroatoms. The molecule has 0 aliphatic carbocycles. The first-order valence-corrected chi connectivity index (χ1v) is 5.26. The highest BCUT2D eigenvalue weighted by Crippen LogP contribution is 2.11. The van der Waals surface area contributed by atoms with Crippen LogP contribution in [-0.2, 0) is 0 Å². The van der Waals surface area contributed by atoms with E-state index in [0.717, 1.165) is 0 Å². The fourth-order valence-electron chi connectivity index (χ4n) is 1.44. The lowest BCUT2D eigenvalue weighted by atomic mass is 10.2. The maximum Gasteiger partial charge on any atom is 0.257 e. The number of carbonyl (C=O) groups is 1. The first-order chi connectivity index (χ1) is 8.69. The second-order valence-electron chi connectivity index (χ2n) is 3.62. The number of pyridine rings is 1. The van der Waals surface area contributed by atoms with Crippen molar-refractivity contribution in [3.05, 3.63) is 64.1 Å². The largest absolute Gasteiger partial charge is 0.328 e. The Kier molecular flexibility index (Phi) is 3.26. The molecule has 1 amide bonds. The van der Waals surface area contributed by atoms with Crippen LogP contribution in [0.25, 0.3) is 0 Å². The van der Waals surface area contributed by atoms with Gasteiger partial charge in [-0.3, -0.25) is 9.59 Å². The molecule has 0 spiro atoms. The summed E-state index contributed by atoms with van der Waals surface area (Å²) in [6.07, 6.45) is 6.64. The van der Waals surface area contributed by atoms with Gasteiger partial charge in [0.2, 0.25) is 5.56 Å². The first-order valence-electron chi connectivity index (χ1n) is 5.26. The molecule has 0 radical (unpaired) electrons. The molecule has 2 N–H and O–H groups in total. The van der Waals surface area contributed by atoms with Crippen LogP contribution < -0.4 is 10.9 Å². The number of hydrogen-bond acceptors (Lipinski definition) is 2. The van der Waals surface area contributed by atoms with Crippen molar-refractivity contribution in [3.63, 3.8) is 0 Å². The molecule has 4 nitrogen and oxygen atoms in total. The normalized spacial score (nSPS) is 9.50. The molecule has 0 aliphatic heterocycles. The summed E-state index contributed by atoms with van der Waals surface area (Å²) in [5.74, 6) is 2.18. The predicted octanol–water partition coefficient (Wildman–Crippen LogP) is 1.61. The summed E-state index contributed by atoms with van der Waals surface area (Å²) in [4.78, 5) is 25.2. The average molecular weight is 238 g/mol. The second-order valence-corrected chi connectivity index (χ2v) is 3.62. The van der Waals surface area contributed by atoms with Crippen LogP contribution in [-0.4, -0.2) is 10.9 Å². The molecule has 0 bridgehead atoms. The van der Waals surface area contributed by atoms with Crippen LogP contribution in [0.5, 0.6) is 0 Å². The lowest BCUT2D eigenvalue weighted by Gasteiger charge is -2.05. The highest BCUT2D eigenvalue weighted by atomic mass is 16.1. The summed E-state index contributed by atoms with van der Waals surface area (Å²) >= 11 is 0. The summed E-state index contributed by atoms with van der Waals surface area (Å²) < 4.78 is 0. The van der Waals surface area contributed by atoms with Crippen molar-refractivity contribution in [3.8, 4) is 12.3 Å². The number of amides is 1. The quantitative estimate of drug-likeness (QED) is 0.781. The molecule has 1 heterocycles. The highest BCUT2D eigenvalue weighted by Gasteiger charge is 2.05. The number of benzene rings is 1. The minimum atomic E-state index is -0.305. The van der Waals surface area contributed by atoms with Crippen molar-refractivity contribution >= 4 is 11.6 Å². The first kappa shape index (κ1) is 11.7. The molecule has 0 saturated heterocycles. The van der Waals surface area contributed by atoms with Crippen LogP contribution in [0.15, 0.2) is 47.4 Å². The van der Waals surface area contributed by atoms with Gasteiger partial charge in [0.05, 0.1) is 5.56 Å². The predicted molar refractivity (Wildman–Crippen MR) is 69.4 cm³/mol. The van der Waals surface area contributed by atoms with Crippen LogP contribution in [0.1, 0.15) is 15.9 Å². The van der Waals surface area contributed by atoms with E-state index in [9.17, 15) is 9.59 Å². The lowest BCUT2D eigenvalue weighted by Crippen LogP contribution is -2.14. The Labute approximate surface area is 104 Å². The zero-order valence-corrected chi connectivity index (χ0v) is 9.44. The van der Waals surface area contributed by atoms with Gasteiger partial charge in [0.25, 0.3) is 5.91 Å². The second kappa shape index (κ2) is 5.02. The van der Waals surface area contributed by atoms with E-state index in [-0.39, 0.29) is 11.5 Å². The van der Waals surface area contributed by atoms with Crippen LogP contribution >= 0.6 is 0 Å². The third-order valence-corrected chi connectivity index (χ3v) is 2.33. The highest BCUT2D eigenvalue weighted by molar-refractivity contribution is 6.04. The average Bonchev–Trinajstić information content (AvgIpc) is 2.39. The molecule has 0 aliphatic rings. The molecule has 1 aromatic carbocycles. The van der Waals surface area contributed by atoms with E-state index in [1.807, 2.05) is 0 Å². The molecule has 2 aromatic rings. The smallest absolute Gasteiger partial charge is 0.257 e. The number of H-pyrrole nitrogens is 1. The fourth-order valence-corrected chi connectivity index (χ4v) is 1.44. The molecule has 0 fully saturated rings. The SMILES string of the molecule is C#Cc1cccc(NC(=O)c2ccc(=O)[nH]c2)c1. The zero-order valence-electron chi connectivity index (χ0n) is 9.44. The Balaban J connectivity index is 2.19. The van der Waals surface area contributed by atoms with E-state index in [4.69, 9.17) is 6.42 Å². The number of aromatic nitrogens is 1. The Bertz CT molecular complexity index is 660. The van der Waals surface area contributed by atoms with E-state index in [0.29, 0.717) is 16.8 Å². The van der Waals surface area contributed by atoms with Gasteiger partial charge in [-0.05, 0) is 24.3 Å². The number of rotatable bonds is 2. The number of aromatic amines is 1. The van der Waals surface area contributed by atoms with Crippen LogP contribution in [0.2, 0.25) is 0 Å². The van der Waals surface area contributed by atoms with Crippen molar-refractivity contribution in [2.75, 3.05) is 5.32 Å². The number of anilines is 1. The molecular weight excluding hydrogens is 228 g/mol. The van der Waals surface area contributed by atoms with Crippen LogP contribution in [0.3, 0.4) is 0 Å². The van der Waals surface area contributed by atoms with E-state index >= 15 is 0 Å². The number of hydrogen-bond donors (Lipinski definition) is 2. The molecule has 18 heavy (non-hydrogen) atoms. The summed E-state index contributed by atoms with van der Waals surface area (Å²) in [6.45, 7) is 0. The van der Waals surface area contributed by atoms with Crippen molar-refractivity contribution in [1.29, 1.82) is 0 Å². The van der Waals surface area contributed by atoms with Crippen LogP contribution in [0, 0.1) is 12.3 Å². The van der Waals surface area contributed by atoms with Gasteiger partial charge >= 0.3 is 0 Å². The Hall–Kier alpha value is -2.80. The lowest BCUT2D eigenvalue weighted by molar-refractivity contribution is 0.102. The summed E-state index contributed by atoms with van der Waals surface area (Å²) in [5.41, 5.74) is 1.43. The Morgan fingerprint density at radius 2 is 2.11 bits per heavy atom. The number of terminal acetylenes is 1. The maximum absolute atomic E-state index is 11.8. The van der Waals surface area contributed by atoms with Gasteiger partial charge < -0.3 is 10.3 Å². The van der Waals surface area contributed by atoms with Crippen molar-refractivity contribution < 1.29 is 4.79 Å². The monoisotopic (exact) mass is 238 g/mol. The molecule has 1 aromatic heterocycles.